The molecule has 0 rings (SSSR count). The zero-order valence-corrected chi connectivity index (χ0v) is 10.2. The quantitative estimate of drug-likeness (QED) is 0.300. The molecule has 0 saturated carbocycles. The van der Waals surface area contributed by atoms with Crippen molar-refractivity contribution in [1.29, 1.82) is 0 Å². The molecular weight excluding hydrogens is 240 g/mol. The number of likely N-dealkylation sites (N-methyl/N-ethyl adjacent to an activating group) is 1. The largest absolute Gasteiger partial charge is 0.550 e. The van der Waals surface area contributed by atoms with E-state index in [1.165, 1.54) is 0 Å². The molecule has 0 aromatic rings. The zero-order chi connectivity index (χ0) is 13.2. The van der Waals surface area contributed by atoms with Gasteiger partial charge in [-0.2, -0.15) is 8.42 Å². The fourth-order valence-corrected chi connectivity index (χ4v) is 1.90. The van der Waals surface area contributed by atoms with Crippen LogP contribution >= 0.6 is 0 Å². The summed E-state index contributed by atoms with van der Waals surface area (Å²) in [5.41, 5.74) is 3.44. The van der Waals surface area contributed by atoms with Gasteiger partial charge < -0.3 is 14.4 Å². The van der Waals surface area contributed by atoms with Crippen LogP contribution in [0.3, 0.4) is 0 Å². The van der Waals surface area contributed by atoms with Gasteiger partial charge >= 0.3 is 10.4 Å². The molecular formula is C7H16N2O6S. The lowest BCUT2D eigenvalue weighted by Crippen LogP contribution is -2.59. The van der Waals surface area contributed by atoms with E-state index in [0.29, 0.717) is 0 Å². The lowest BCUT2D eigenvalue weighted by atomic mass is 10.1. The highest BCUT2D eigenvalue weighted by Gasteiger charge is 2.37. The van der Waals surface area contributed by atoms with Crippen LogP contribution in [0.1, 0.15) is 6.42 Å². The maximum absolute atomic E-state index is 10.5. The monoisotopic (exact) mass is 256 g/mol. The Bertz CT molecular complexity index is 360. The van der Waals surface area contributed by atoms with Crippen LogP contribution < -0.4 is 10.8 Å². The van der Waals surface area contributed by atoms with Gasteiger partial charge in [-0.05, 0) is 0 Å². The molecule has 0 aliphatic rings. The van der Waals surface area contributed by atoms with Crippen LogP contribution in [-0.4, -0.2) is 56.8 Å². The number of aliphatic carboxylic acids is 1. The number of rotatable bonds is 6. The number of carbonyl (C=O) groups is 1. The molecule has 0 spiro atoms. The number of hydrogen-bond donors (Lipinski definition) is 2. The van der Waals surface area contributed by atoms with Crippen molar-refractivity contribution in [3.05, 3.63) is 0 Å². The van der Waals surface area contributed by atoms with Gasteiger partial charge in [-0.1, -0.05) is 0 Å². The number of nitrogens with two attached hydrogens (primary N) is 1. The van der Waals surface area contributed by atoms with E-state index in [9.17, 15) is 18.3 Å². The first kappa shape index (κ1) is 15.3. The maximum Gasteiger partial charge on any atom is 0.399 e. The van der Waals surface area contributed by atoms with Crippen molar-refractivity contribution >= 4 is 16.4 Å². The summed E-state index contributed by atoms with van der Waals surface area (Å²) in [7, 11) is 0.145. The van der Waals surface area contributed by atoms with Crippen LogP contribution in [0.4, 0.5) is 0 Å². The molecule has 8 nitrogen and oxygen atoms in total. The summed E-state index contributed by atoms with van der Waals surface area (Å²) in [5.74, 6) is -1.57. The predicted molar refractivity (Wildman–Crippen MR) is 52.1 cm³/mol. The standard InChI is InChI=1S/C7H16N2O6S/c1-9(2,3)5-7(8,4-6(10)11)15-16(12,13)14/h4-5,8H2,1-3H3,(H-,10,11,12,13,14)/t7-/m1/s1. The van der Waals surface area contributed by atoms with Gasteiger partial charge in [0, 0.05) is 12.4 Å². The van der Waals surface area contributed by atoms with E-state index in [2.05, 4.69) is 4.18 Å². The molecule has 96 valence electrons. The lowest BCUT2D eigenvalue weighted by Gasteiger charge is -2.35. The molecule has 0 unspecified atom stereocenters. The first-order valence-electron chi connectivity index (χ1n) is 4.30. The second-order valence-electron chi connectivity index (χ2n) is 4.57. The second kappa shape index (κ2) is 4.63. The Balaban J connectivity index is 4.96. The van der Waals surface area contributed by atoms with Crippen molar-refractivity contribution in [2.45, 2.75) is 12.1 Å². The highest BCUT2D eigenvalue weighted by atomic mass is 32.3. The number of quaternary nitrogens is 1. The Hall–Kier alpha value is -0.740. The van der Waals surface area contributed by atoms with Crippen LogP contribution in [0.25, 0.3) is 0 Å². The molecule has 3 N–H and O–H groups in total. The number of carboxylic acids is 1. The molecule has 0 aromatic heterocycles. The highest BCUT2D eigenvalue weighted by Crippen LogP contribution is 2.15. The molecule has 16 heavy (non-hydrogen) atoms. The molecule has 0 radical (unpaired) electrons. The minimum Gasteiger partial charge on any atom is -0.550 e. The third-order valence-electron chi connectivity index (χ3n) is 1.46. The number of hydrogen-bond acceptors (Lipinski definition) is 6. The Morgan fingerprint density at radius 2 is 1.94 bits per heavy atom. The Kier molecular flexibility index (Phi) is 4.42. The average Bonchev–Trinajstić information content (AvgIpc) is 1.69. The number of nitrogens with zero attached hydrogens (tertiary/aromatic N) is 1. The van der Waals surface area contributed by atoms with Crippen LogP contribution in [0.15, 0.2) is 0 Å². The first-order chi connectivity index (χ1) is 6.83. The van der Waals surface area contributed by atoms with E-state index >= 15 is 0 Å². The Labute approximate surface area is 94.1 Å². The third kappa shape index (κ3) is 7.54. The molecule has 0 aromatic carbocycles. The predicted octanol–water partition coefficient (Wildman–Crippen LogP) is -2.69. The van der Waals surface area contributed by atoms with Gasteiger partial charge in [-0.15, -0.1) is 0 Å². The van der Waals surface area contributed by atoms with Gasteiger partial charge in [-0.25, -0.2) is 4.18 Å². The summed E-state index contributed by atoms with van der Waals surface area (Å²) >= 11 is 0. The summed E-state index contributed by atoms with van der Waals surface area (Å²) in [6, 6.07) is 0. The highest BCUT2D eigenvalue weighted by molar-refractivity contribution is 7.80. The smallest absolute Gasteiger partial charge is 0.399 e. The van der Waals surface area contributed by atoms with Crippen LogP contribution in [0.2, 0.25) is 0 Å². The minimum absolute atomic E-state index is 0.138. The summed E-state index contributed by atoms with van der Waals surface area (Å²) in [6.45, 7) is -0.138. The van der Waals surface area contributed by atoms with Gasteiger partial charge in [0.05, 0.1) is 21.1 Å². The lowest BCUT2D eigenvalue weighted by molar-refractivity contribution is -0.876. The van der Waals surface area contributed by atoms with Gasteiger partial charge in [-0.3, -0.25) is 10.3 Å². The number of carbonyl (C=O) groups excluding carboxylic acids is 1. The van der Waals surface area contributed by atoms with Gasteiger partial charge in [0.25, 0.3) is 0 Å². The van der Waals surface area contributed by atoms with E-state index in [4.69, 9.17) is 10.3 Å². The maximum atomic E-state index is 10.5. The van der Waals surface area contributed by atoms with E-state index in [1.54, 1.807) is 21.1 Å². The normalized spacial score (nSPS) is 16.8. The molecule has 0 aliphatic carbocycles. The first-order valence-corrected chi connectivity index (χ1v) is 5.67. The van der Waals surface area contributed by atoms with Crippen molar-refractivity contribution in [1.82, 2.24) is 0 Å². The van der Waals surface area contributed by atoms with Gasteiger partial charge in [0.2, 0.25) is 0 Å². The van der Waals surface area contributed by atoms with Crippen molar-refractivity contribution in [2.75, 3.05) is 27.7 Å². The second-order valence-corrected chi connectivity index (χ2v) is 5.60. The van der Waals surface area contributed by atoms with Crippen molar-refractivity contribution < 1.29 is 31.5 Å². The van der Waals surface area contributed by atoms with Crippen molar-refractivity contribution in [2.24, 2.45) is 5.73 Å². The summed E-state index contributed by atoms with van der Waals surface area (Å²) in [5, 5.41) is 10.4. The van der Waals surface area contributed by atoms with E-state index in [0.717, 1.165) is 0 Å². The Morgan fingerprint density at radius 1 is 1.50 bits per heavy atom. The summed E-state index contributed by atoms with van der Waals surface area (Å²) < 4.78 is 33.9. The fourth-order valence-electron chi connectivity index (χ4n) is 1.37. The number of carboxylic acid groups (broad SMARTS) is 1. The molecule has 0 bridgehead atoms. The molecule has 0 saturated heterocycles. The molecule has 1 atom stereocenters. The SMILES string of the molecule is C[N+](C)(C)C[C@@](N)(CC(=O)[O-])OS(=O)(=O)O. The average molecular weight is 256 g/mol. The van der Waals surface area contributed by atoms with Crippen molar-refractivity contribution in [3.63, 3.8) is 0 Å². The minimum atomic E-state index is -4.83. The molecule has 0 amide bonds. The van der Waals surface area contributed by atoms with Crippen LogP contribution in [0, 0.1) is 0 Å². The third-order valence-corrected chi connectivity index (χ3v) is 2.00. The molecule has 0 aliphatic heterocycles. The van der Waals surface area contributed by atoms with Gasteiger partial charge in [0.15, 0.2) is 5.72 Å². The summed E-state index contributed by atoms with van der Waals surface area (Å²) in [4.78, 5) is 10.4. The van der Waals surface area contributed by atoms with Gasteiger partial charge in [0.1, 0.15) is 6.54 Å². The van der Waals surface area contributed by atoms with E-state index in [1.807, 2.05) is 0 Å². The van der Waals surface area contributed by atoms with Crippen LogP contribution in [-0.2, 0) is 19.4 Å². The summed E-state index contributed by atoms with van der Waals surface area (Å²) in [6.07, 6.45) is -0.845. The Morgan fingerprint density at radius 3 is 2.19 bits per heavy atom. The van der Waals surface area contributed by atoms with E-state index < -0.39 is 28.5 Å². The zero-order valence-electron chi connectivity index (χ0n) is 9.34. The molecule has 0 heterocycles. The molecule has 0 fully saturated rings. The van der Waals surface area contributed by atoms with E-state index in [-0.39, 0.29) is 11.0 Å². The topological polar surface area (TPSA) is 130 Å². The molecule has 9 heteroatoms. The van der Waals surface area contributed by atoms with Crippen molar-refractivity contribution in [3.8, 4) is 0 Å². The fraction of sp³-hybridized carbons (Fsp3) is 0.857. The van der Waals surface area contributed by atoms with Crippen LogP contribution in [0.5, 0.6) is 0 Å².